The van der Waals surface area contributed by atoms with Crippen molar-refractivity contribution in [3.63, 3.8) is 0 Å². The largest absolute Gasteiger partial charge is 0.383 e. The van der Waals surface area contributed by atoms with Crippen molar-refractivity contribution in [1.29, 1.82) is 0 Å². The number of nitrogen functional groups attached to an aromatic ring is 3. The minimum atomic E-state index is -0.713. The number of anilines is 3. The SMILES string of the molecule is CN(C)C=O.Nc1[nH]c(=O)ncc1F.Nc1cc(=O)[nH]c(N)n1. The van der Waals surface area contributed by atoms with Gasteiger partial charge >= 0.3 is 5.69 Å². The summed E-state index contributed by atoms with van der Waals surface area (Å²) in [7, 11) is 3.38. The number of amides is 1. The summed E-state index contributed by atoms with van der Waals surface area (Å²) in [5, 5.41) is 0. The van der Waals surface area contributed by atoms with Crippen LogP contribution in [-0.2, 0) is 4.79 Å². The topological polar surface area (TPSA) is 190 Å². The fraction of sp³-hybridized carbons (Fsp3) is 0.182. The number of nitrogens with two attached hydrogens (primary N) is 3. The standard InChI is InChI=1S/C4H4FN3O.C4H6N4O.C3H7NO/c5-2-1-7-4(9)8-3(2)6;5-2-1-3(9)8-4(6)7-2;1-4(2)3-5/h1H,(H3,6,7,8,9);1H,(H5,5,6,7,8,9);3H,1-2H3. The van der Waals surface area contributed by atoms with Gasteiger partial charge in [0, 0.05) is 20.2 Å². The Balaban J connectivity index is 0.000000332. The molecule has 0 aliphatic carbocycles. The Labute approximate surface area is 129 Å². The third kappa shape index (κ3) is 9.17. The second kappa shape index (κ2) is 9.49. The normalized spacial score (nSPS) is 8.83. The van der Waals surface area contributed by atoms with Gasteiger partial charge in [-0.3, -0.25) is 19.6 Å². The van der Waals surface area contributed by atoms with Crippen LogP contribution in [0.25, 0.3) is 0 Å². The number of carbonyl (C=O) groups is 1. The van der Waals surface area contributed by atoms with Crippen molar-refractivity contribution in [2.75, 3.05) is 31.3 Å². The Morgan fingerprint density at radius 1 is 1.22 bits per heavy atom. The average molecular weight is 328 g/mol. The van der Waals surface area contributed by atoms with Crippen LogP contribution < -0.4 is 28.5 Å². The molecule has 0 saturated heterocycles. The van der Waals surface area contributed by atoms with E-state index in [9.17, 15) is 18.8 Å². The lowest BCUT2D eigenvalue weighted by atomic mass is 10.6. The van der Waals surface area contributed by atoms with Crippen LogP contribution in [0.3, 0.4) is 0 Å². The first-order valence-electron chi connectivity index (χ1n) is 5.90. The summed E-state index contributed by atoms with van der Waals surface area (Å²) in [6, 6.07) is 1.16. The Morgan fingerprint density at radius 3 is 2.13 bits per heavy atom. The quantitative estimate of drug-likeness (QED) is 0.376. The highest BCUT2D eigenvalue weighted by Crippen LogP contribution is 1.96. The van der Waals surface area contributed by atoms with Gasteiger partial charge in [-0.05, 0) is 0 Å². The van der Waals surface area contributed by atoms with Gasteiger partial charge in [0.15, 0.2) is 5.82 Å². The van der Waals surface area contributed by atoms with Crippen molar-refractivity contribution in [3.8, 4) is 0 Å². The van der Waals surface area contributed by atoms with E-state index in [1.165, 1.54) is 4.90 Å². The molecule has 2 aromatic rings. The molecule has 0 aliphatic heterocycles. The summed E-state index contributed by atoms with van der Waals surface area (Å²) in [5.41, 5.74) is 14.2. The van der Waals surface area contributed by atoms with Crippen LogP contribution in [0.5, 0.6) is 0 Å². The van der Waals surface area contributed by atoms with Gasteiger partial charge in [0.05, 0.1) is 6.20 Å². The highest BCUT2D eigenvalue weighted by molar-refractivity contribution is 5.45. The number of hydrogen-bond donors (Lipinski definition) is 5. The molecule has 0 radical (unpaired) electrons. The number of nitrogens with one attached hydrogen (secondary N) is 2. The molecule has 0 bridgehead atoms. The minimum absolute atomic E-state index is 0.0417. The van der Waals surface area contributed by atoms with Crippen LogP contribution in [0.15, 0.2) is 21.9 Å². The Morgan fingerprint density at radius 2 is 1.78 bits per heavy atom. The van der Waals surface area contributed by atoms with E-state index < -0.39 is 11.5 Å². The number of carbonyl (C=O) groups excluding carboxylic acids is 1. The van der Waals surface area contributed by atoms with Gasteiger partial charge < -0.3 is 22.1 Å². The van der Waals surface area contributed by atoms with Crippen molar-refractivity contribution < 1.29 is 9.18 Å². The molecule has 23 heavy (non-hydrogen) atoms. The van der Waals surface area contributed by atoms with Gasteiger partial charge in [-0.2, -0.15) is 9.97 Å². The van der Waals surface area contributed by atoms with Gasteiger partial charge in [-0.25, -0.2) is 9.18 Å². The van der Waals surface area contributed by atoms with Crippen molar-refractivity contribution in [1.82, 2.24) is 24.8 Å². The molecule has 2 aromatic heterocycles. The van der Waals surface area contributed by atoms with Crippen LogP contribution in [0.4, 0.5) is 22.0 Å². The van der Waals surface area contributed by atoms with E-state index in [1.54, 1.807) is 14.1 Å². The second-order valence-electron chi connectivity index (χ2n) is 4.07. The highest BCUT2D eigenvalue weighted by atomic mass is 19.1. The summed E-state index contributed by atoms with van der Waals surface area (Å²) in [6.07, 6.45) is 1.52. The maximum atomic E-state index is 12.1. The molecule has 12 heteroatoms. The molecular weight excluding hydrogens is 311 g/mol. The van der Waals surface area contributed by atoms with Crippen LogP contribution in [0, 0.1) is 5.82 Å². The lowest BCUT2D eigenvalue weighted by Gasteiger charge is -1.93. The van der Waals surface area contributed by atoms with E-state index >= 15 is 0 Å². The first kappa shape index (κ1) is 19.6. The molecule has 0 aliphatic rings. The van der Waals surface area contributed by atoms with Gasteiger partial charge in [0.25, 0.3) is 5.56 Å². The Hall–Kier alpha value is -3.44. The van der Waals surface area contributed by atoms with Crippen molar-refractivity contribution in [2.24, 2.45) is 0 Å². The molecule has 2 heterocycles. The third-order valence-electron chi connectivity index (χ3n) is 1.78. The molecule has 1 amide bonds. The van der Waals surface area contributed by atoms with E-state index in [2.05, 4.69) is 15.0 Å². The van der Waals surface area contributed by atoms with Crippen molar-refractivity contribution in [2.45, 2.75) is 0 Å². The maximum absolute atomic E-state index is 12.1. The van der Waals surface area contributed by atoms with E-state index in [1.807, 2.05) is 4.98 Å². The van der Waals surface area contributed by atoms with Gasteiger partial charge in [0.2, 0.25) is 12.4 Å². The molecule has 8 N–H and O–H groups in total. The van der Waals surface area contributed by atoms with Crippen LogP contribution in [0.2, 0.25) is 0 Å². The first-order valence-corrected chi connectivity index (χ1v) is 5.90. The van der Waals surface area contributed by atoms with Gasteiger partial charge in [0.1, 0.15) is 11.6 Å². The number of H-pyrrole nitrogens is 2. The third-order valence-corrected chi connectivity index (χ3v) is 1.78. The zero-order valence-corrected chi connectivity index (χ0v) is 12.4. The molecule has 2 rings (SSSR count). The lowest BCUT2D eigenvalue weighted by Crippen LogP contribution is -2.12. The number of aromatic nitrogens is 4. The van der Waals surface area contributed by atoms with Crippen molar-refractivity contribution in [3.05, 3.63) is 38.9 Å². The molecule has 0 saturated carbocycles. The molecule has 0 spiro atoms. The predicted octanol–water partition coefficient (Wildman–Crippen LogP) is -1.87. The molecule has 0 atom stereocenters. The number of hydrogen-bond acceptors (Lipinski definition) is 8. The summed E-state index contributed by atoms with van der Waals surface area (Å²) in [4.78, 5) is 42.4. The summed E-state index contributed by atoms with van der Waals surface area (Å²) in [5.74, 6) is -0.819. The van der Waals surface area contributed by atoms with E-state index in [0.29, 0.717) is 0 Å². The van der Waals surface area contributed by atoms with E-state index in [-0.39, 0.29) is 23.1 Å². The molecule has 0 unspecified atom stereocenters. The molecule has 126 valence electrons. The second-order valence-corrected chi connectivity index (χ2v) is 4.07. The predicted molar refractivity (Wildman–Crippen MR) is 82.7 cm³/mol. The maximum Gasteiger partial charge on any atom is 0.346 e. The van der Waals surface area contributed by atoms with E-state index in [4.69, 9.17) is 17.2 Å². The fourth-order valence-electron chi connectivity index (χ4n) is 0.888. The first-order chi connectivity index (χ1) is 10.6. The number of halogens is 1. The smallest absolute Gasteiger partial charge is 0.346 e. The molecule has 11 nitrogen and oxygen atoms in total. The monoisotopic (exact) mass is 328 g/mol. The number of rotatable bonds is 1. The zero-order valence-electron chi connectivity index (χ0n) is 12.4. The zero-order chi connectivity index (χ0) is 18.0. The highest BCUT2D eigenvalue weighted by Gasteiger charge is 1.95. The molecule has 0 fully saturated rings. The van der Waals surface area contributed by atoms with Gasteiger partial charge in [-0.15, -0.1) is 0 Å². The van der Waals surface area contributed by atoms with Crippen LogP contribution in [0.1, 0.15) is 0 Å². The van der Waals surface area contributed by atoms with Crippen LogP contribution in [-0.4, -0.2) is 45.3 Å². The molecule has 0 aromatic carbocycles. The average Bonchev–Trinajstić information content (AvgIpc) is 2.43. The minimum Gasteiger partial charge on any atom is -0.383 e. The van der Waals surface area contributed by atoms with Crippen molar-refractivity contribution >= 4 is 24.0 Å². The Bertz CT molecular complexity index is 719. The lowest BCUT2D eigenvalue weighted by molar-refractivity contribution is -0.115. The summed E-state index contributed by atoms with van der Waals surface area (Å²) in [6.45, 7) is 0. The number of aromatic amines is 2. The number of nitrogens with zero attached hydrogens (tertiary/aromatic N) is 3. The Kier molecular flexibility index (Phi) is 8.07. The van der Waals surface area contributed by atoms with Gasteiger partial charge in [-0.1, -0.05) is 0 Å². The summed E-state index contributed by atoms with van der Waals surface area (Å²) >= 11 is 0. The molecular formula is C11H17FN8O3. The van der Waals surface area contributed by atoms with E-state index in [0.717, 1.165) is 18.7 Å². The summed E-state index contributed by atoms with van der Waals surface area (Å²) < 4.78 is 12.1. The fourth-order valence-corrected chi connectivity index (χ4v) is 0.888. The van der Waals surface area contributed by atoms with Crippen LogP contribution >= 0.6 is 0 Å².